The highest BCUT2D eigenvalue weighted by Gasteiger charge is 2.29. The van der Waals surface area contributed by atoms with Gasteiger partial charge in [-0.05, 0) is 54.9 Å². The molecule has 1 amide bonds. The second kappa shape index (κ2) is 8.52. The molecule has 146 valence electrons. The molecule has 2 atom stereocenters. The molecule has 0 radical (unpaired) electrons. The van der Waals surface area contributed by atoms with Crippen LogP contribution in [-0.2, 0) is 11.2 Å². The number of ether oxygens (including phenoxy) is 1. The first kappa shape index (κ1) is 19.4. The third-order valence-electron chi connectivity index (χ3n) is 4.96. The maximum Gasteiger partial charge on any atom is 0.249 e. The highest BCUT2D eigenvalue weighted by Crippen LogP contribution is 2.37. The van der Waals surface area contributed by atoms with Crippen molar-refractivity contribution < 1.29 is 14.1 Å². The van der Waals surface area contributed by atoms with Gasteiger partial charge in [-0.1, -0.05) is 25.1 Å². The monoisotopic (exact) mass is 372 g/mol. The fourth-order valence-electron chi connectivity index (χ4n) is 3.66. The molecule has 27 heavy (non-hydrogen) atoms. The number of hydrogen-bond donors (Lipinski definition) is 2. The Morgan fingerprint density at radius 3 is 2.96 bits per heavy atom. The zero-order chi connectivity index (χ0) is 19.4. The molecule has 0 saturated heterocycles. The molecule has 7 nitrogen and oxygen atoms in total. The van der Waals surface area contributed by atoms with Crippen molar-refractivity contribution in [1.82, 2.24) is 15.5 Å². The molecule has 0 aliphatic heterocycles. The summed E-state index contributed by atoms with van der Waals surface area (Å²) in [6.07, 6.45) is 3.78. The molecular weight excluding hydrogens is 344 g/mol. The Morgan fingerprint density at radius 1 is 1.44 bits per heavy atom. The van der Waals surface area contributed by atoms with E-state index >= 15 is 0 Å². The van der Waals surface area contributed by atoms with Crippen LogP contribution >= 0.6 is 0 Å². The zero-order valence-electron chi connectivity index (χ0n) is 16.2. The molecule has 1 heterocycles. The molecule has 0 saturated carbocycles. The van der Waals surface area contributed by atoms with E-state index in [1.807, 2.05) is 6.07 Å². The van der Waals surface area contributed by atoms with E-state index in [4.69, 9.17) is 15.0 Å². The van der Waals surface area contributed by atoms with Crippen molar-refractivity contribution in [3.8, 4) is 5.75 Å². The molecular formula is C20H28N4O3. The topological polar surface area (TPSA) is 103 Å². The second-order valence-electron chi connectivity index (χ2n) is 7.45. The number of benzene rings is 1. The van der Waals surface area contributed by atoms with Gasteiger partial charge >= 0.3 is 0 Å². The molecule has 0 bridgehead atoms. The average molecular weight is 372 g/mol. The quantitative estimate of drug-likeness (QED) is 0.774. The smallest absolute Gasteiger partial charge is 0.249 e. The van der Waals surface area contributed by atoms with Gasteiger partial charge in [-0.3, -0.25) is 4.79 Å². The molecule has 1 aromatic heterocycles. The van der Waals surface area contributed by atoms with Crippen LogP contribution in [0, 0.1) is 5.92 Å². The number of aromatic nitrogens is 2. The number of carbonyl (C=O) groups excluding carboxylic acids is 1. The molecule has 1 aliphatic rings. The van der Waals surface area contributed by atoms with E-state index in [0.717, 1.165) is 25.0 Å². The fourth-order valence-corrected chi connectivity index (χ4v) is 3.66. The molecule has 1 aromatic carbocycles. The van der Waals surface area contributed by atoms with Crippen molar-refractivity contribution in [2.45, 2.75) is 51.5 Å². The van der Waals surface area contributed by atoms with Gasteiger partial charge in [0.2, 0.25) is 11.8 Å². The Hall–Kier alpha value is -2.41. The van der Waals surface area contributed by atoms with Crippen LogP contribution in [0.15, 0.2) is 22.7 Å². The molecule has 3 N–H and O–H groups in total. The Balaban J connectivity index is 1.86. The normalized spacial score (nSPS) is 17.4. The first-order valence-corrected chi connectivity index (χ1v) is 9.51. The Morgan fingerprint density at radius 2 is 2.26 bits per heavy atom. The van der Waals surface area contributed by atoms with Crippen LogP contribution < -0.4 is 15.8 Å². The summed E-state index contributed by atoms with van der Waals surface area (Å²) in [4.78, 5) is 16.4. The predicted octanol–water partition coefficient (Wildman–Crippen LogP) is 2.71. The lowest BCUT2D eigenvalue weighted by Crippen LogP contribution is -2.34. The lowest BCUT2D eigenvalue weighted by Gasteiger charge is -2.23. The summed E-state index contributed by atoms with van der Waals surface area (Å²) < 4.78 is 10.9. The van der Waals surface area contributed by atoms with Crippen molar-refractivity contribution >= 4 is 5.91 Å². The maximum absolute atomic E-state index is 11.8. The summed E-state index contributed by atoms with van der Waals surface area (Å²) in [5, 5.41) is 7.13. The van der Waals surface area contributed by atoms with Crippen LogP contribution in [0.25, 0.3) is 0 Å². The van der Waals surface area contributed by atoms with Gasteiger partial charge in [0.25, 0.3) is 0 Å². The fraction of sp³-hybridized carbons (Fsp3) is 0.550. The van der Waals surface area contributed by atoms with Crippen molar-refractivity contribution in [3.63, 3.8) is 0 Å². The van der Waals surface area contributed by atoms with Crippen LogP contribution in [0.5, 0.6) is 5.75 Å². The highest BCUT2D eigenvalue weighted by molar-refractivity contribution is 5.78. The molecule has 1 unspecified atom stereocenters. The standard InChI is InChI=1S/C20H28N4O3/c1-12(2)9-17(22-18(25)11-21)20-23-19(24-27-20)16-6-4-5-13-10-14(26-3)7-8-15(13)16/h7-8,10,12,16-17H,4-6,9,11,21H2,1-3H3,(H,22,25)/t16?,17-/m0/s1. The molecule has 7 heteroatoms. The second-order valence-corrected chi connectivity index (χ2v) is 7.45. The lowest BCUT2D eigenvalue weighted by molar-refractivity contribution is -0.120. The summed E-state index contributed by atoms with van der Waals surface area (Å²) in [6, 6.07) is 5.84. The van der Waals surface area contributed by atoms with Gasteiger partial charge in [0, 0.05) is 5.92 Å². The number of nitrogens with one attached hydrogen (secondary N) is 1. The molecule has 3 rings (SSSR count). The number of hydrogen-bond acceptors (Lipinski definition) is 6. The minimum absolute atomic E-state index is 0.0621. The largest absolute Gasteiger partial charge is 0.497 e. The SMILES string of the molecule is COc1ccc2c(c1)CCCC2c1noc([C@H](CC(C)C)NC(=O)CN)n1. The van der Waals surface area contributed by atoms with Gasteiger partial charge in [-0.25, -0.2) is 0 Å². The van der Waals surface area contributed by atoms with E-state index in [9.17, 15) is 4.79 Å². The van der Waals surface area contributed by atoms with Gasteiger partial charge in [0.15, 0.2) is 5.82 Å². The zero-order valence-corrected chi connectivity index (χ0v) is 16.2. The summed E-state index contributed by atoms with van der Waals surface area (Å²) >= 11 is 0. The average Bonchev–Trinajstić information content (AvgIpc) is 3.16. The Kier molecular flexibility index (Phi) is 6.11. The van der Waals surface area contributed by atoms with Crippen molar-refractivity contribution in [2.75, 3.05) is 13.7 Å². The number of aryl methyl sites for hydroxylation is 1. The van der Waals surface area contributed by atoms with Gasteiger partial charge in [-0.2, -0.15) is 4.98 Å². The van der Waals surface area contributed by atoms with E-state index in [2.05, 4.69) is 41.4 Å². The van der Waals surface area contributed by atoms with E-state index in [1.165, 1.54) is 11.1 Å². The lowest BCUT2D eigenvalue weighted by atomic mass is 9.82. The van der Waals surface area contributed by atoms with Gasteiger partial charge in [0.05, 0.1) is 13.7 Å². The van der Waals surface area contributed by atoms with E-state index in [0.29, 0.717) is 24.1 Å². The number of nitrogens with zero attached hydrogens (tertiary/aromatic N) is 2. The van der Waals surface area contributed by atoms with Crippen LogP contribution in [0.4, 0.5) is 0 Å². The Labute approximate surface area is 159 Å². The number of rotatable bonds is 7. The number of fused-ring (bicyclic) bond motifs is 1. The van der Waals surface area contributed by atoms with Gasteiger partial charge in [-0.15, -0.1) is 0 Å². The Bertz CT molecular complexity index is 787. The summed E-state index contributed by atoms with van der Waals surface area (Å²) in [6.45, 7) is 4.11. The van der Waals surface area contributed by atoms with Gasteiger partial charge in [0.1, 0.15) is 11.8 Å². The third kappa shape index (κ3) is 4.47. The van der Waals surface area contributed by atoms with Crippen molar-refractivity contribution in [2.24, 2.45) is 11.7 Å². The van der Waals surface area contributed by atoms with Crippen LogP contribution in [0.2, 0.25) is 0 Å². The minimum Gasteiger partial charge on any atom is -0.497 e. The summed E-state index contributed by atoms with van der Waals surface area (Å²) in [5.41, 5.74) is 7.93. The maximum atomic E-state index is 11.8. The highest BCUT2D eigenvalue weighted by atomic mass is 16.5. The summed E-state index contributed by atoms with van der Waals surface area (Å²) in [5.74, 6) is 2.22. The number of amides is 1. The van der Waals surface area contributed by atoms with Gasteiger partial charge < -0.3 is 20.3 Å². The molecule has 1 aliphatic carbocycles. The predicted molar refractivity (Wildman–Crippen MR) is 101 cm³/mol. The first-order chi connectivity index (χ1) is 13.0. The number of methoxy groups -OCH3 is 1. The van der Waals surface area contributed by atoms with Crippen molar-refractivity contribution in [3.05, 3.63) is 41.0 Å². The first-order valence-electron chi connectivity index (χ1n) is 9.51. The third-order valence-corrected chi connectivity index (χ3v) is 4.96. The van der Waals surface area contributed by atoms with Crippen LogP contribution in [0.3, 0.4) is 0 Å². The molecule has 0 fully saturated rings. The number of carbonyl (C=O) groups is 1. The van der Waals surface area contributed by atoms with E-state index < -0.39 is 0 Å². The molecule has 0 spiro atoms. The van der Waals surface area contributed by atoms with Crippen LogP contribution in [0.1, 0.15) is 67.9 Å². The number of nitrogens with two attached hydrogens (primary N) is 1. The van der Waals surface area contributed by atoms with Crippen LogP contribution in [-0.4, -0.2) is 29.7 Å². The van der Waals surface area contributed by atoms with E-state index in [1.54, 1.807) is 7.11 Å². The van der Waals surface area contributed by atoms with E-state index in [-0.39, 0.29) is 24.4 Å². The summed E-state index contributed by atoms with van der Waals surface area (Å²) in [7, 11) is 1.68. The van der Waals surface area contributed by atoms with Crippen molar-refractivity contribution in [1.29, 1.82) is 0 Å². The molecule has 2 aromatic rings. The minimum atomic E-state index is -0.318.